The van der Waals surface area contributed by atoms with E-state index in [1.54, 1.807) is 20.0 Å². The van der Waals surface area contributed by atoms with Crippen molar-refractivity contribution in [1.82, 2.24) is 10.0 Å². The van der Waals surface area contributed by atoms with Gasteiger partial charge in [-0.25, -0.2) is 13.1 Å². The minimum Gasteiger partial charge on any atom is -0.353 e. The maximum Gasteiger partial charge on any atom is 0.264 e. The molecule has 0 radical (unpaired) electrons. The zero-order valence-corrected chi connectivity index (χ0v) is 14.3. The Balaban J connectivity index is 2.13. The van der Waals surface area contributed by atoms with Crippen molar-refractivity contribution in [3.63, 3.8) is 0 Å². The molecule has 5 nitrogen and oxygen atoms in total. The fourth-order valence-electron chi connectivity index (χ4n) is 2.76. The Labute approximate surface area is 133 Å². The fourth-order valence-corrected chi connectivity index (χ4v) is 4.11. The van der Waals surface area contributed by atoms with E-state index in [9.17, 15) is 8.42 Å². The van der Waals surface area contributed by atoms with Crippen LogP contribution in [0.5, 0.6) is 0 Å². The lowest BCUT2D eigenvalue weighted by molar-refractivity contribution is 0.411. The SMILES string of the molecule is CN=C(NC1CCCCC1)NS(=O)(=O)c1cc(C)ccc1C. The van der Waals surface area contributed by atoms with Crippen molar-refractivity contribution in [3.05, 3.63) is 29.3 Å². The van der Waals surface area contributed by atoms with Crippen LogP contribution in [-0.4, -0.2) is 27.5 Å². The summed E-state index contributed by atoms with van der Waals surface area (Å²) in [6.45, 7) is 3.68. The van der Waals surface area contributed by atoms with Crippen LogP contribution < -0.4 is 10.0 Å². The van der Waals surface area contributed by atoms with Crippen LogP contribution >= 0.6 is 0 Å². The van der Waals surface area contributed by atoms with Gasteiger partial charge in [0.2, 0.25) is 5.96 Å². The van der Waals surface area contributed by atoms with Crippen molar-refractivity contribution < 1.29 is 8.42 Å². The summed E-state index contributed by atoms with van der Waals surface area (Å²) in [5, 5.41) is 3.23. The molecule has 1 aromatic carbocycles. The predicted octanol–water partition coefficient (Wildman–Crippen LogP) is 2.49. The molecule has 0 atom stereocenters. The standard InChI is InChI=1S/C16H25N3O2S/c1-12-9-10-13(2)15(11-12)22(20,21)19-16(17-3)18-14-7-5-4-6-8-14/h9-11,14H,4-8H2,1-3H3,(H2,17,18,19). The Kier molecular flexibility index (Phi) is 5.45. The third-order valence-electron chi connectivity index (χ3n) is 4.03. The van der Waals surface area contributed by atoms with Gasteiger partial charge < -0.3 is 5.32 Å². The second-order valence-electron chi connectivity index (χ2n) is 5.93. The summed E-state index contributed by atoms with van der Waals surface area (Å²) in [7, 11) is -2.02. The van der Waals surface area contributed by atoms with Crippen LogP contribution in [0.25, 0.3) is 0 Å². The summed E-state index contributed by atoms with van der Waals surface area (Å²) in [6.07, 6.45) is 5.73. The molecule has 0 aliphatic heterocycles. The van der Waals surface area contributed by atoms with E-state index in [-0.39, 0.29) is 0 Å². The summed E-state index contributed by atoms with van der Waals surface area (Å²) in [6, 6.07) is 5.71. The Morgan fingerprint density at radius 1 is 1.18 bits per heavy atom. The average Bonchev–Trinajstić information content (AvgIpc) is 2.49. The molecule has 0 amide bonds. The van der Waals surface area contributed by atoms with E-state index in [2.05, 4.69) is 15.0 Å². The molecule has 1 saturated carbocycles. The van der Waals surface area contributed by atoms with Gasteiger partial charge in [0, 0.05) is 13.1 Å². The number of hydrogen-bond acceptors (Lipinski definition) is 3. The molecule has 0 spiro atoms. The number of aryl methyl sites for hydroxylation is 2. The first kappa shape index (κ1) is 16.8. The van der Waals surface area contributed by atoms with Crippen LogP contribution in [-0.2, 0) is 10.0 Å². The topological polar surface area (TPSA) is 70.6 Å². The second-order valence-corrected chi connectivity index (χ2v) is 7.58. The summed E-state index contributed by atoms with van der Waals surface area (Å²) in [5.74, 6) is 0.327. The van der Waals surface area contributed by atoms with Crippen LogP contribution in [0.2, 0.25) is 0 Å². The van der Waals surface area contributed by atoms with E-state index in [1.165, 1.54) is 19.3 Å². The van der Waals surface area contributed by atoms with Crippen molar-refractivity contribution >= 4 is 16.0 Å². The lowest BCUT2D eigenvalue weighted by Crippen LogP contribution is -2.46. The van der Waals surface area contributed by atoms with Crippen molar-refractivity contribution in [2.75, 3.05) is 7.05 Å². The summed E-state index contributed by atoms with van der Waals surface area (Å²) >= 11 is 0. The molecular formula is C16H25N3O2S. The first-order chi connectivity index (χ1) is 10.4. The lowest BCUT2D eigenvalue weighted by Gasteiger charge is -2.24. The maximum absolute atomic E-state index is 12.6. The molecule has 0 aromatic heterocycles. The van der Waals surface area contributed by atoms with Gasteiger partial charge in [0.1, 0.15) is 0 Å². The number of benzene rings is 1. The van der Waals surface area contributed by atoms with Gasteiger partial charge in [-0.1, -0.05) is 31.4 Å². The van der Waals surface area contributed by atoms with Gasteiger partial charge >= 0.3 is 0 Å². The van der Waals surface area contributed by atoms with Gasteiger partial charge in [0.05, 0.1) is 4.90 Å². The minimum atomic E-state index is -3.62. The fraction of sp³-hybridized carbons (Fsp3) is 0.562. The quantitative estimate of drug-likeness (QED) is 0.663. The molecule has 2 rings (SSSR count). The van der Waals surface area contributed by atoms with Crippen molar-refractivity contribution in [3.8, 4) is 0 Å². The number of aliphatic imine (C=N–C) groups is 1. The Bertz CT molecular complexity index is 647. The number of sulfonamides is 1. The van der Waals surface area contributed by atoms with Gasteiger partial charge in [-0.2, -0.15) is 0 Å². The molecule has 0 saturated heterocycles. The number of hydrogen-bond donors (Lipinski definition) is 2. The molecule has 22 heavy (non-hydrogen) atoms. The van der Waals surface area contributed by atoms with Crippen molar-refractivity contribution in [1.29, 1.82) is 0 Å². The highest BCUT2D eigenvalue weighted by Crippen LogP contribution is 2.18. The summed E-state index contributed by atoms with van der Waals surface area (Å²) in [4.78, 5) is 4.36. The third-order valence-corrected chi connectivity index (χ3v) is 5.51. The lowest BCUT2D eigenvalue weighted by atomic mass is 9.96. The van der Waals surface area contributed by atoms with Gasteiger partial charge in [0.25, 0.3) is 10.0 Å². The molecule has 0 bridgehead atoms. The van der Waals surface area contributed by atoms with Crippen LogP contribution in [0.1, 0.15) is 43.2 Å². The first-order valence-electron chi connectivity index (χ1n) is 7.76. The van der Waals surface area contributed by atoms with E-state index >= 15 is 0 Å². The van der Waals surface area contributed by atoms with Gasteiger partial charge in [0.15, 0.2) is 0 Å². The normalized spacial score (nSPS) is 17.3. The molecular weight excluding hydrogens is 298 g/mol. The van der Waals surface area contributed by atoms with Crippen LogP contribution in [0.3, 0.4) is 0 Å². The van der Waals surface area contributed by atoms with E-state index in [1.807, 2.05) is 19.1 Å². The zero-order valence-electron chi connectivity index (χ0n) is 13.5. The third kappa shape index (κ3) is 4.22. The Morgan fingerprint density at radius 3 is 2.50 bits per heavy atom. The predicted molar refractivity (Wildman–Crippen MR) is 89.6 cm³/mol. The Morgan fingerprint density at radius 2 is 1.86 bits per heavy atom. The van der Waals surface area contributed by atoms with Gasteiger partial charge in [-0.3, -0.25) is 4.99 Å². The van der Waals surface area contributed by atoms with Crippen LogP contribution in [0.15, 0.2) is 28.1 Å². The van der Waals surface area contributed by atoms with Gasteiger partial charge in [-0.05, 0) is 43.9 Å². The molecule has 1 aromatic rings. The molecule has 2 N–H and O–H groups in total. The smallest absolute Gasteiger partial charge is 0.264 e. The highest BCUT2D eigenvalue weighted by molar-refractivity contribution is 7.90. The van der Waals surface area contributed by atoms with Crippen molar-refractivity contribution in [2.45, 2.75) is 56.9 Å². The Hall–Kier alpha value is -1.56. The second kappa shape index (κ2) is 7.13. The van der Waals surface area contributed by atoms with Crippen LogP contribution in [0.4, 0.5) is 0 Å². The highest BCUT2D eigenvalue weighted by Gasteiger charge is 2.21. The number of nitrogens with zero attached hydrogens (tertiary/aromatic N) is 1. The average molecular weight is 323 g/mol. The molecule has 1 aliphatic carbocycles. The minimum absolute atomic E-state index is 0.300. The number of nitrogens with one attached hydrogen (secondary N) is 2. The maximum atomic E-state index is 12.6. The van der Waals surface area contributed by atoms with Crippen molar-refractivity contribution in [2.24, 2.45) is 4.99 Å². The molecule has 6 heteroatoms. The monoisotopic (exact) mass is 323 g/mol. The van der Waals surface area contributed by atoms with E-state index in [4.69, 9.17) is 0 Å². The first-order valence-corrected chi connectivity index (χ1v) is 9.24. The molecule has 1 aliphatic rings. The van der Waals surface area contributed by atoms with E-state index < -0.39 is 10.0 Å². The molecule has 0 heterocycles. The van der Waals surface area contributed by atoms with Gasteiger partial charge in [-0.15, -0.1) is 0 Å². The largest absolute Gasteiger partial charge is 0.353 e. The zero-order chi connectivity index (χ0) is 16.2. The summed E-state index contributed by atoms with van der Waals surface area (Å²) in [5.41, 5.74) is 1.65. The highest BCUT2D eigenvalue weighted by atomic mass is 32.2. The van der Waals surface area contributed by atoms with E-state index in [0.717, 1.165) is 24.0 Å². The summed E-state index contributed by atoms with van der Waals surface area (Å²) < 4.78 is 27.8. The number of rotatable bonds is 3. The molecule has 0 unspecified atom stereocenters. The molecule has 1 fully saturated rings. The molecule has 122 valence electrons. The number of guanidine groups is 1. The van der Waals surface area contributed by atoms with E-state index in [0.29, 0.717) is 16.9 Å². The van der Waals surface area contributed by atoms with Crippen LogP contribution in [0, 0.1) is 13.8 Å².